The maximum atomic E-state index is 12.4. The molecule has 2 nitrogen and oxygen atoms in total. The van der Waals surface area contributed by atoms with Gasteiger partial charge in [0.2, 0.25) is 0 Å². The van der Waals surface area contributed by atoms with E-state index in [1.165, 1.54) is 13.0 Å². The highest BCUT2D eigenvalue weighted by molar-refractivity contribution is 6.31. The molecule has 0 aromatic heterocycles. The van der Waals surface area contributed by atoms with E-state index in [1.807, 2.05) is 0 Å². The molecular formula is C11H9ClF2O2. The van der Waals surface area contributed by atoms with Gasteiger partial charge in [0, 0.05) is 11.1 Å². The van der Waals surface area contributed by atoms with Gasteiger partial charge in [-0.3, -0.25) is 9.59 Å². The molecule has 1 rings (SSSR count). The van der Waals surface area contributed by atoms with Crippen molar-refractivity contribution in [3.63, 3.8) is 0 Å². The van der Waals surface area contributed by atoms with Gasteiger partial charge in [0.15, 0.2) is 5.78 Å². The first-order valence-electron chi connectivity index (χ1n) is 4.49. The van der Waals surface area contributed by atoms with Crippen LogP contribution in [0.2, 0.25) is 0 Å². The predicted molar refractivity (Wildman–Crippen MR) is 56.1 cm³/mol. The molecule has 0 aliphatic rings. The molecule has 0 heterocycles. The lowest BCUT2D eigenvalue weighted by Gasteiger charge is -2.10. The van der Waals surface area contributed by atoms with Crippen LogP contribution in [0.5, 0.6) is 0 Å². The van der Waals surface area contributed by atoms with Crippen LogP contribution in [-0.4, -0.2) is 12.1 Å². The van der Waals surface area contributed by atoms with Crippen molar-refractivity contribution in [1.82, 2.24) is 0 Å². The molecule has 1 aromatic rings. The van der Waals surface area contributed by atoms with Crippen molar-refractivity contribution in [3.05, 3.63) is 34.9 Å². The van der Waals surface area contributed by atoms with Crippen LogP contribution >= 0.6 is 11.6 Å². The smallest absolute Gasteiger partial charge is 0.263 e. The predicted octanol–water partition coefficient (Wildman–Crippen LogP) is 3.31. The van der Waals surface area contributed by atoms with Crippen LogP contribution in [0.4, 0.5) is 8.78 Å². The average molecular weight is 247 g/mol. The van der Waals surface area contributed by atoms with Crippen molar-refractivity contribution < 1.29 is 18.4 Å². The van der Waals surface area contributed by atoms with Crippen LogP contribution < -0.4 is 0 Å². The molecule has 0 radical (unpaired) electrons. The molecule has 0 spiro atoms. The quantitative estimate of drug-likeness (QED) is 0.603. The maximum Gasteiger partial charge on any atom is 0.263 e. The minimum atomic E-state index is -2.66. The standard InChI is InChI=1S/C11H9ClF2O2/c1-6(16)10(12)9-4-7(11(13)14)2-3-8(9)5-15/h2-5,10-11H,1H3. The molecule has 1 unspecified atom stereocenters. The van der Waals surface area contributed by atoms with Gasteiger partial charge >= 0.3 is 0 Å². The summed E-state index contributed by atoms with van der Waals surface area (Å²) in [6.45, 7) is 1.24. The van der Waals surface area contributed by atoms with Gasteiger partial charge < -0.3 is 0 Å². The summed E-state index contributed by atoms with van der Waals surface area (Å²) < 4.78 is 24.9. The summed E-state index contributed by atoms with van der Waals surface area (Å²) in [5.74, 6) is -0.392. The van der Waals surface area contributed by atoms with Gasteiger partial charge in [-0.1, -0.05) is 12.1 Å². The van der Waals surface area contributed by atoms with Gasteiger partial charge in [0.25, 0.3) is 6.43 Å². The monoisotopic (exact) mass is 246 g/mol. The van der Waals surface area contributed by atoms with Crippen molar-refractivity contribution in [1.29, 1.82) is 0 Å². The van der Waals surface area contributed by atoms with Gasteiger partial charge in [-0.15, -0.1) is 11.6 Å². The molecule has 0 bridgehead atoms. The van der Waals surface area contributed by atoms with E-state index in [-0.39, 0.29) is 16.7 Å². The zero-order valence-electron chi connectivity index (χ0n) is 8.41. The molecule has 0 fully saturated rings. The van der Waals surface area contributed by atoms with E-state index in [0.29, 0.717) is 6.29 Å². The Morgan fingerprint density at radius 3 is 2.50 bits per heavy atom. The van der Waals surface area contributed by atoms with E-state index in [4.69, 9.17) is 11.6 Å². The van der Waals surface area contributed by atoms with Crippen molar-refractivity contribution in [3.8, 4) is 0 Å². The number of ketones is 1. The Morgan fingerprint density at radius 1 is 1.44 bits per heavy atom. The second-order valence-corrected chi connectivity index (χ2v) is 3.72. The number of Topliss-reactive ketones (excluding diaryl/α,β-unsaturated/α-hetero) is 1. The second-order valence-electron chi connectivity index (χ2n) is 3.28. The van der Waals surface area contributed by atoms with Crippen molar-refractivity contribution in [2.45, 2.75) is 18.7 Å². The third-order valence-corrected chi connectivity index (χ3v) is 2.66. The van der Waals surface area contributed by atoms with Gasteiger partial charge in [0.05, 0.1) is 0 Å². The van der Waals surface area contributed by atoms with Crippen molar-refractivity contribution >= 4 is 23.7 Å². The highest BCUT2D eigenvalue weighted by atomic mass is 35.5. The van der Waals surface area contributed by atoms with Gasteiger partial charge in [-0.25, -0.2) is 8.78 Å². The minimum Gasteiger partial charge on any atom is -0.298 e. The van der Waals surface area contributed by atoms with Crippen molar-refractivity contribution in [2.75, 3.05) is 0 Å². The summed E-state index contributed by atoms with van der Waals surface area (Å²) in [4.78, 5) is 21.7. The van der Waals surface area contributed by atoms with E-state index in [9.17, 15) is 18.4 Å². The molecule has 1 atom stereocenters. The zero-order valence-corrected chi connectivity index (χ0v) is 9.17. The SMILES string of the molecule is CC(=O)C(Cl)c1cc(C(F)F)ccc1C=O. The Kier molecular flexibility index (Phi) is 4.12. The zero-order chi connectivity index (χ0) is 12.3. The number of halogens is 3. The van der Waals surface area contributed by atoms with E-state index < -0.39 is 17.6 Å². The molecule has 1 aromatic carbocycles. The molecule has 0 aliphatic heterocycles. The Labute approximate surface area is 96.2 Å². The fourth-order valence-electron chi connectivity index (χ4n) is 1.27. The first kappa shape index (κ1) is 12.8. The van der Waals surface area contributed by atoms with E-state index in [0.717, 1.165) is 12.1 Å². The van der Waals surface area contributed by atoms with E-state index >= 15 is 0 Å². The number of benzene rings is 1. The summed E-state index contributed by atoms with van der Waals surface area (Å²) in [5.41, 5.74) is 0.0223. The Hall–Kier alpha value is -1.29. The minimum absolute atomic E-state index is 0.127. The molecule has 86 valence electrons. The first-order valence-corrected chi connectivity index (χ1v) is 4.92. The number of hydrogen-bond donors (Lipinski definition) is 0. The Bertz CT molecular complexity index is 418. The van der Waals surface area contributed by atoms with Crippen LogP contribution in [0.15, 0.2) is 18.2 Å². The summed E-state index contributed by atoms with van der Waals surface area (Å²) in [5, 5.41) is -1.07. The average Bonchev–Trinajstić information content (AvgIpc) is 2.26. The number of alkyl halides is 3. The normalized spacial score (nSPS) is 12.6. The summed E-state index contributed by atoms with van der Waals surface area (Å²) in [6, 6.07) is 3.47. The molecule has 0 aliphatic carbocycles. The highest BCUT2D eigenvalue weighted by Crippen LogP contribution is 2.28. The lowest BCUT2D eigenvalue weighted by atomic mass is 10.00. The van der Waals surface area contributed by atoms with E-state index in [1.54, 1.807) is 0 Å². The fourth-order valence-corrected chi connectivity index (χ4v) is 1.46. The molecule has 16 heavy (non-hydrogen) atoms. The number of carbonyl (C=O) groups is 2. The lowest BCUT2D eigenvalue weighted by molar-refractivity contribution is -0.116. The highest BCUT2D eigenvalue weighted by Gasteiger charge is 2.19. The van der Waals surface area contributed by atoms with Crippen LogP contribution in [0.1, 0.15) is 40.2 Å². The number of aldehydes is 1. The third kappa shape index (κ3) is 2.64. The maximum absolute atomic E-state index is 12.4. The van der Waals surface area contributed by atoms with Crippen LogP contribution in [0, 0.1) is 0 Å². The Morgan fingerprint density at radius 2 is 2.06 bits per heavy atom. The van der Waals surface area contributed by atoms with Crippen LogP contribution in [0.25, 0.3) is 0 Å². The largest absolute Gasteiger partial charge is 0.298 e. The molecule has 0 N–H and O–H groups in total. The third-order valence-electron chi connectivity index (χ3n) is 2.12. The molecule has 0 saturated carbocycles. The molecule has 5 heteroatoms. The lowest BCUT2D eigenvalue weighted by Crippen LogP contribution is -2.06. The van der Waals surface area contributed by atoms with Gasteiger partial charge in [-0.05, 0) is 18.6 Å². The number of rotatable bonds is 4. The van der Waals surface area contributed by atoms with Crippen LogP contribution in [0.3, 0.4) is 0 Å². The second kappa shape index (κ2) is 5.16. The molecule has 0 amide bonds. The Balaban J connectivity index is 3.27. The summed E-state index contributed by atoms with van der Waals surface area (Å²) >= 11 is 5.75. The molecular weight excluding hydrogens is 238 g/mol. The number of hydrogen-bond acceptors (Lipinski definition) is 2. The van der Waals surface area contributed by atoms with Crippen LogP contribution in [-0.2, 0) is 4.79 Å². The number of carbonyl (C=O) groups excluding carboxylic acids is 2. The topological polar surface area (TPSA) is 34.1 Å². The van der Waals surface area contributed by atoms with Gasteiger partial charge in [0.1, 0.15) is 11.7 Å². The van der Waals surface area contributed by atoms with Gasteiger partial charge in [-0.2, -0.15) is 0 Å². The fraction of sp³-hybridized carbons (Fsp3) is 0.273. The van der Waals surface area contributed by atoms with E-state index in [2.05, 4.69) is 0 Å². The summed E-state index contributed by atoms with van der Waals surface area (Å²) in [6.07, 6.45) is -2.17. The molecule has 0 saturated heterocycles. The van der Waals surface area contributed by atoms with Crippen molar-refractivity contribution in [2.24, 2.45) is 0 Å². The first-order chi connectivity index (χ1) is 7.47. The summed E-state index contributed by atoms with van der Waals surface area (Å²) in [7, 11) is 0.